The van der Waals surface area contributed by atoms with Crippen molar-refractivity contribution in [2.45, 2.75) is 45.4 Å². The van der Waals surface area contributed by atoms with Crippen molar-refractivity contribution in [1.82, 2.24) is 4.90 Å². The van der Waals surface area contributed by atoms with E-state index in [9.17, 15) is 0 Å². The second-order valence-electron chi connectivity index (χ2n) is 3.72. The van der Waals surface area contributed by atoms with Crippen LogP contribution in [0.2, 0.25) is 0 Å². The summed E-state index contributed by atoms with van der Waals surface area (Å²) in [6, 6.07) is 4.34. The Hall–Kier alpha value is -1.06. The van der Waals surface area contributed by atoms with Crippen LogP contribution < -0.4 is 0 Å². The summed E-state index contributed by atoms with van der Waals surface area (Å²) in [5, 5.41) is 16.9. The standard InChI is InChI=1S/C12H21N3/c1-2-10-15(12-7-9-14)11-6-4-3-5-8-13/h2-7,10-12H2,1H3. The van der Waals surface area contributed by atoms with E-state index in [1.165, 1.54) is 0 Å². The van der Waals surface area contributed by atoms with Crippen molar-refractivity contribution in [2.75, 3.05) is 19.6 Å². The smallest absolute Gasteiger partial charge is 0.0635 e. The quantitative estimate of drug-likeness (QED) is 0.546. The van der Waals surface area contributed by atoms with Crippen LogP contribution in [0.1, 0.15) is 45.4 Å². The first-order valence-corrected chi connectivity index (χ1v) is 5.81. The zero-order valence-electron chi connectivity index (χ0n) is 9.71. The van der Waals surface area contributed by atoms with Gasteiger partial charge in [-0.3, -0.25) is 0 Å². The van der Waals surface area contributed by atoms with Gasteiger partial charge in [-0.15, -0.1) is 0 Å². The van der Waals surface area contributed by atoms with E-state index < -0.39 is 0 Å². The summed E-state index contributed by atoms with van der Waals surface area (Å²) >= 11 is 0. The molecule has 0 unspecified atom stereocenters. The van der Waals surface area contributed by atoms with Crippen molar-refractivity contribution < 1.29 is 0 Å². The van der Waals surface area contributed by atoms with Crippen LogP contribution in [0.5, 0.6) is 0 Å². The first-order chi connectivity index (χ1) is 7.35. The molecule has 0 aromatic heterocycles. The van der Waals surface area contributed by atoms with Gasteiger partial charge in [0.15, 0.2) is 0 Å². The summed E-state index contributed by atoms with van der Waals surface area (Å²) < 4.78 is 0. The fraction of sp³-hybridized carbons (Fsp3) is 0.833. The topological polar surface area (TPSA) is 50.8 Å². The lowest BCUT2D eigenvalue weighted by Gasteiger charge is -2.19. The maximum absolute atomic E-state index is 8.51. The Balaban J connectivity index is 3.49. The highest BCUT2D eigenvalue weighted by atomic mass is 15.1. The third-order valence-electron chi connectivity index (χ3n) is 2.34. The number of rotatable bonds is 9. The van der Waals surface area contributed by atoms with Crippen LogP contribution in [-0.4, -0.2) is 24.5 Å². The van der Waals surface area contributed by atoms with Crippen LogP contribution in [0.15, 0.2) is 0 Å². The molecule has 0 aliphatic rings. The van der Waals surface area contributed by atoms with Gasteiger partial charge in [0.1, 0.15) is 0 Å². The van der Waals surface area contributed by atoms with Crippen LogP contribution in [-0.2, 0) is 0 Å². The molecule has 0 aromatic rings. The second-order valence-corrected chi connectivity index (χ2v) is 3.72. The lowest BCUT2D eigenvalue weighted by Crippen LogP contribution is -2.26. The average Bonchev–Trinajstić information content (AvgIpc) is 2.25. The van der Waals surface area contributed by atoms with Gasteiger partial charge in [0, 0.05) is 19.4 Å². The Morgan fingerprint density at radius 1 is 0.867 bits per heavy atom. The van der Waals surface area contributed by atoms with Gasteiger partial charge < -0.3 is 4.90 Å². The Bertz CT molecular complexity index is 212. The fourth-order valence-electron chi connectivity index (χ4n) is 1.58. The molecule has 0 fully saturated rings. The van der Waals surface area contributed by atoms with Gasteiger partial charge >= 0.3 is 0 Å². The van der Waals surface area contributed by atoms with Crippen molar-refractivity contribution >= 4 is 0 Å². The van der Waals surface area contributed by atoms with Crippen molar-refractivity contribution in [3.8, 4) is 12.1 Å². The van der Waals surface area contributed by atoms with Crippen LogP contribution >= 0.6 is 0 Å². The summed E-state index contributed by atoms with van der Waals surface area (Å²) in [5.74, 6) is 0. The Labute approximate surface area is 93.3 Å². The molecule has 0 aliphatic heterocycles. The normalized spacial score (nSPS) is 9.87. The van der Waals surface area contributed by atoms with E-state index in [2.05, 4.69) is 24.0 Å². The van der Waals surface area contributed by atoms with Gasteiger partial charge in [0.2, 0.25) is 0 Å². The molecule has 0 atom stereocenters. The molecule has 0 amide bonds. The first kappa shape index (κ1) is 13.9. The number of hydrogen-bond acceptors (Lipinski definition) is 3. The zero-order valence-corrected chi connectivity index (χ0v) is 9.71. The zero-order chi connectivity index (χ0) is 11.4. The predicted molar refractivity (Wildman–Crippen MR) is 61.0 cm³/mol. The number of nitriles is 2. The third-order valence-corrected chi connectivity index (χ3v) is 2.34. The van der Waals surface area contributed by atoms with Gasteiger partial charge in [-0.25, -0.2) is 0 Å². The predicted octanol–water partition coefficient (Wildman–Crippen LogP) is 2.70. The SMILES string of the molecule is CCCN(CCC#N)CCCCCC#N. The van der Waals surface area contributed by atoms with Gasteiger partial charge in [-0.2, -0.15) is 10.5 Å². The van der Waals surface area contributed by atoms with E-state index in [4.69, 9.17) is 10.5 Å². The Morgan fingerprint density at radius 3 is 2.20 bits per heavy atom. The summed E-state index contributed by atoms with van der Waals surface area (Å²) in [6.07, 6.45) is 5.72. The molecular weight excluding hydrogens is 186 g/mol. The molecule has 0 spiro atoms. The number of unbranched alkanes of at least 4 members (excludes halogenated alkanes) is 3. The van der Waals surface area contributed by atoms with Crippen molar-refractivity contribution in [3.05, 3.63) is 0 Å². The van der Waals surface area contributed by atoms with E-state index in [1.807, 2.05) is 0 Å². The molecule has 0 aromatic carbocycles. The highest BCUT2D eigenvalue weighted by molar-refractivity contribution is 4.72. The summed E-state index contributed by atoms with van der Waals surface area (Å²) in [5.41, 5.74) is 0. The van der Waals surface area contributed by atoms with Crippen LogP contribution in [0.3, 0.4) is 0 Å². The van der Waals surface area contributed by atoms with Crippen LogP contribution in [0.25, 0.3) is 0 Å². The van der Waals surface area contributed by atoms with E-state index in [0.29, 0.717) is 12.8 Å². The molecule has 0 rings (SSSR count). The van der Waals surface area contributed by atoms with E-state index >= 15 is 0 Å². The van der Waals surface area contributed by atoms with Crippen LogP contribution in [0, 0.1) is 22.7 Å². The van der Waals surface area contributed by atoms with Gasteiger partial charge in [0.25, 0.3) is 0 Å². The maximum atomic E-state index is 8.51. The Kier molecular flexibility index (Phi) is 10.2. The number of hydrogen-bond donors (Lipinski definition) is 0. The van der Waals surface area contributed by atoms with Gasteiger partial charge in [0.05, 0.1) is 12.1 Å². The molecule has 0 radical (unpaired) electrons. The molecule has 0 bridgehead atoms. The van der Waals surface area contributed by atoms with E-state index in [0.717, 1.165) is 45.3 Å². The molecule has 3 heteroatoms. The van der Waals surface area contributed by atoms with Gasteiger partial charge in [-0.05, 0) is 32.4 Å². The Morgan fingerprint density at radius 2 is 1.60 bits per heavy atom. The summed E-state index contributed by atoms with van der Waals surface area (Å²) in [4.78, 5) is 2.34. The van der Waals surface area contributed by atoms with E-state index in [1.54, 1.807) is 0 Å². The molecule has 0 aliphatic carbocycles. The van der Waals surface area contributed by atoms with Crippen molar-refractivity contribution in [3.63, 3.8) is 0 Å². The van der Waals surface area contributed by atoms with Gasteiger partial charge in [-0.1, -0.05) is 13.3 Å². The minimum Gasteiger partial charge on any atom is -0.302 e. The third kappa shape index (κ3) is 9.25. The molecule has 3 nitrogen and oxygen atoms in total. The number of nitrogens with zero attached hydrogens (tertiary/aromatic N) is 3. The maximum Gasteiger partial charge on any atom is 0.0635 e. The summed E-state index contributed by atoms with van der Waals surface area (Å²) in [6.45, 7) is 5.21. The average molecular weight is 207 g/mol. The minimum atomic E-state index is 0.623. The summed E-state index contributed by atoms with van der Waals surface area (Å²) in [7, 11) is 0. The molecule has 84 valence electrons. The second kappa shape index (κ2) is 11.0. The van der Waals surface area contributed by atoms with Crippen LogP contribution in [0.4, 0.5) is 0 Å². The fourth-order valence-corrected chi connectivity index (χ4v) is 1.58. The lowest BCUT2D eigenvalue weighted by atomic mass is 10.2. The minimum absolute atomic E-state index is 0.623. The largest absolute Gasteiger partial charge is 0.302 e. The molecule has 0 heterocycles. The monoisotopic (exact) mass is 207 g/mol. The molecule has 0 saturated carbocycles. The molecular formula is C12H21N3. The highest BCUT2D eigenvalue weighted by Gasteiger charge is 2.02. The lowest BCUT2D eigenvalue weighted by molar-refractivity contribution is 0.273. The molecule has 0 saturated heterocycles. The molecule has 0 N–H and O–H groups in total. The first-order valence-electron chi connectivity index (χ1n) is 5.81. The van der Waals surface area contributed by atoms with Crippen molar-refractivity contribution in [2.24, 2.45) is 0 Å². The molecule has 15 heavy (non-hydrogen) atoms. The van der Waals surface area contributed by atoms with Crippen molar-refractivity contribution in [1.29, 1.82) is 10.5 Å². The highest BCUT2D eigenvalue weighted by Crippen LogP contribution is 2.02. The van der Waals surface area contributed by atoms with E-state index in [-0.39, 0.29) is 0 Å².